The second-order valence-electron chi connectivity index (χ2n) is 6.83. The minimum atomic E-state index is -0.576. The highest BCUT2D eigenvalue weighted by Crippen LogP contribution is 2.25. The molecule has 0 saturated carbocycles. The first-order valence-corrected chi connectivity index (χ1v) is 8.38. The summed E-state index contributed by atoms with van der Waals surface area (Å²) in [5.41, 5.74) is 1.10. The predicted molar refractivity (Wildman–Crippen MR) is 95.0 cm³/mol. The Hall–Kier alpha value is -2.10. The molecule has 0 saturated heterocycles. The van der Waals surface area contributed by atoms with Gasteiger partial charge in [0.05, 0.1) is 18.4 Å². The van der Waals surface area contributed by atoms with E-state index in [4.69, 9.17) is 9.47 Å². The van der Waals surface area contributed by atoms with Crippen molar-refractivity contribution in [3.8, 4) is 5.75 Å². The summed E-state index contributed by atoms with van der Waals surface area (Å²) in [6, 6.07) is 5.39. The van der Waals surface area contributed by atoms with E-state index in [1.165, 1.54) is 0 Å². The standard InChI is InChI=1S/C20H28O4/c1-6-8-12-23-18(21)14-15-10-11-17(16(13-15)9-7-2)24-19(22)20(3,4)5/h7,10-11,13H,2,6,8-9,12,14H2,1,3-5H3. The smallest absolute Gasteiger partial charge is 0.316 e. The molecule has 1 aromatic carbocycles. The van der Waals surface area contributed by atoms with Crippen molar-refractivity contribution in [2.45, 2.75) is 53.4 Å². The average Bonchev–Trinajstić information content (AvgIpc) is 2.49. The largest absolute Gasteiger partial charge is 0.465 e. The molecule has 4 nitrogen and oxygen atoms in total. The van der Waals surface area contributed by atoms with Crippen LogP contribution < -0.4 is 4.74 Å². The fraction of sp³-hybridized carbons (Fsp3) is 0.500. The van der Waals surface area contributed by atoms with Gasteiger partial charge in [-0.2, -0.15) is 0 Å². The third-order valence-corrected chi connectivity index (χ3v) is 3.41. The fourth-order valence-corrected chi connectivity index (χ4v) is 1.96. The van der Waals surface area contributed by atoms with Crippen LogP contribution in [0.2, 0.25) is 0 Å². The van der Waals surface area contributed by atoms with E-state index in [2.05, 4.69) is 6.58 Å². The van der Waals surface area contributed by atoms with Crippen molar-refractivity contribution in [3.05, 3.63) is 42.0 Å². The zero-order valence-corrected chi connectivity index (χ0v) is 15.2. The van der Waals surface area contributed by atoms with E-state index in [1.54, 1.807) is 18.2 Å². The first kappa shape index (κ1) is 19.9. The summed E-state index contributed by atoms with van der Waals surface area (Å²) >= 11 is 0. The predicted octanol–water partition coefficient (Wildman–Crippen LogP) is 4.25. The molecule has 0 radical (unpaired) electrons. The molecular weight excluding hydrogens is 304 g/mol. The van der Waals surface area contributed by atoms with Crippen LogP contribution in [-0.2, 0) is 27.2 Å². The highest BCUT2D eigenvalue weighted by molar-refractivity contribution is 5.78. The molecule has 4 heteroatoms. The second kappa shape index (κ2) is 9.26. The summed E-state index contributed by atoms with van der Waals surface area (Å²) in [6.07, 6.45) is 4.37. The number of esters is 2. The van der Waals surface area contributed by atoms with Crippen LogP contribution in [0.1, 0.15) is 51.7 Å². The lowest BCUT2D eigenvalue weighted by molar-refractivity contribution is -0.143. The van der Waals surface area contributed by atoms with Gasteiger partial charge in [-0.15, -0.1) is 6.58 Å². The van der Waals surface area contributed by atoms with E-state index in [1.807, 2.05) is 33.8 Å². The SMILES string of the molecule is C=CCc1cc(CC(=O)OCCCC)ccc1OC(=O)C(C)(C)C. The molecule has 0 aliphatic rings. The summed E-state index contributed by atoms with van der Waals surface area (Å²) in [5.74, 6) is -0.0232. The number of hydrogen-bond acceptors (Lipinski definition) is 4. The molecule has 0 aromatic heterocycles. The summed E-state index contributed by atoms with van der Waals surface area (Å²) in [5, 5.41) is 0. The molecule has 0 unspecified atom stereocenters. The number of unbranched alkanes of at least 4 members (excludes halogenated alkanes) is 1. The number of benzene rings is 1. The number of hydrogen-bond donors (Lipinski definition) is 0. The molecule has 0 amide bonds. The molecule has 0 atom stereocenters. The van der Waals surface area contributed by atoms with Gasteiger partial charge in [0.2, 0.25) is 0 Å². The van der Waals surface area contributed by atoms with Crippen LogP contribution >= 0.6 is 0 Å². The Kier molecular flexibility index (Phi) is 7.69. The van der Waals surface area contributed by atoms with Crippen LogP contribution in [0, 0.1) is 5.41 Å². The third kappa shape index (κ3) is 6.57. The van der Waals surface area contributed by atoms with Crippen LogP contribution in [0.25, 0.3) is 0 Å². The molecule has 0 heterocycles. The minimum absolute atomic E-state index is 0.210. The van der Waals surface area contributed by atoms with Crippen molar-refractivity contribution >= 4 is 11.9 Å². The van der Waals surface area contributed by atoms with Crippen LogP contribution in [0.5, 0.6) is 5.75 Å². The van der Waals surface area contributed by atoms with Crippen molar-refractivity contribution < 1.29 is 19.1 Å². The topological polar surface area (TPSA) is 52.6 Å². The molecule has 0 aliphatic carbocycles. The first-order valence-electron chi connectivity index (χ1n) is 8.38. The number of carbonyl (C=O) groups is 2. The van der Waals surface area contributed by atoms with Crippen molar-refractivity contribution in [2.24, 2.45) is 5.41 Å². The van der Waals surface area contributed by atoms with Crippen molar-refractivity contribution in [2.75, 3.05) is 6.61 Å². The highest BCUT2D eigenvalue weighted by atomic mass is 16.5. The lowest BCUT2D eigenvalue weighted by Crippen LogP contribution is -2.26. The molecule has 0 spiro atoms. The van der Waals surface area contributed by atoms with Gasteiger partial charge in [0.15, 0.2) is 0 Å². The van der Waals surface area contributed by atoms with E-state index >= 15 is 0 Å². The fourth-order valence-electron chi connectivity index (χ4n) is 1.96. The molecule has 0 bridgehead atoms. The van der Waals surface area contributed by atoms with Gasteiger partial charge in [-0.05, 0) is 50.8 Å². The molecule has 1 rings (SSSR count). The highest BCUT2D eigenvalue weighted by Gasteiger charge is 2.24. The number of ether oxygens (including phenoxy) is 2. The third-order valence-electron chi connectivity index (χ3n) is 3.41. The van der Waals surface area contributed by atoms with Crippen molar-refractivity contribution in [3.63, 3.8) is 0 Å². The Morgan fingerprint density at radius 2 is 1.96 bits per heavy atom. The first-order chi connectivity index (χ1) is 11.3. The van der Waals surface area contributed by atoms with E-state index in [-0.39, 0.29) is 18.4 Å². The molecule has 0 aliphatic heterocycles. The Morgan fingerprint density at radius 1 is 1.25 bits per heavy atom. The normalized spacial score (nSPS) is 11.0. The van der Waals surface area contributed by atoms with Gasteiger partial charge < -0.3 is 9.47 Å². The van der Waals surface area contributed by atoms with Crippen molar-refractivity contribution in [1.29, 1.82) is 0 Å². The molecule has 0 fully saturated rings. The van der Waals surface area contributed by atoms with Gasteiger partial charge in [-0.25, -0.2) is 0 Å². The van der Waals surface area contributed by atoms with Gasteiger partial charge in [0, 0.05) is 0 Å². The molecule has 0 N–H and O–H groups in total. The van der Waals surface area contributed by atoms with Gasteiger partial charge in [-0.1, -0.05) is 31.6 Å². The van der Waals surface area contributed by atoms with Gasteiger partial charge in [-0.3, -0.25) is 9.59 Å². The molecule has 24 heavy (non-hydrogen) atoms. The molecule has 132 valence electrons. The maximum absolute atomic E-state index is 12.1. The summed E-state index contributed by atoms with van der Waals surface area (Å²) in [6.45, 7) is 11.7. The van der Waals surface area contributed by atoms with Crippen LogP contribution in [-0.4, -0.2) is 18.5 Å². The molecule has 1 aromatic rings. The van der Waals surface area contributed by atoms with E-state index < -0.39 is 5.41 Å². The van der Waals surface area contributed by atoms with Crippen LogP contribution in [0.4, 0.5) is 0 Å². The van der Waals surface area contributed by atoms with E-state index in [9.17, 15) is 9.59 Å². The van der Waals surface area contributed by atoms with Gasteiger partial charge >= 0.3 is 11.9 Å². The lowest BCUT2D eigenvalue weighted by atomic mass is 9.97. The Morgan fingerprint density at radius 3 is 2.54 bits per heavy atom. The number of carbonyl (C=O) groups excluding carboxylic acids is 2. The maximum Gasteiger partial charge on any atom is 0.316 e. The van der Waals surface area contributed by atoms with Crippen LogP contribution in [0.3, 0.4) is 0 Å². The van der Waals surface area contributed by atoms with Gasteiger partial charge in [0.25, 0.3) is 0 Å². The van der Waals surface area contributed by atoms with Crippen LogP contribution in [0.15, 0.2) is 30.9 Å². The van der Waals surface area contributed by atoms with Gasteiger partial charge in [0.1, 0.15) is 5.75 Å². The monoisotopic (exact) mass is 332 g/mol. The van der Waals surface area contributed by atoms with E-state index in [0.717, 1.165) is 24.0 Å². The average molecular weight is 332 g/mol. The zero-order chi connectivity index (χ0) is 18.2. The second-order valence-corrected chi connectivity index (χ2v) is 6.83. The summed E-state index contributed by atoms with van der Waals surface area (Å²) < 4.78 is 10.7. The minimum Gasteiger partial charge on any atom is -0.465 e. The maximum atomic E-state index is 12.1. The summed E-state index contributed by atoms with van der Waals surface area (Å²) in [7, 11) is 0. The Balaban J connectivity index is 2.84. The summed E-state index contributed by atoms with van der Waals surface area (Å²) in [4.78, 5) is 23.9. The van der Waals surface area contributed by atoms with Crippen molar-refractivity contribution in [1.82, 2.24) is 0 Å². The van der Waals surface area contributed by atoms with E-state index in [0.29, 0.717) is 18.8 Å². The Labute approximate surface area is 144 Å². The lowest BCUT2D eigenvalue weighted by Gasteiger charge is -2.18. The quantitative estimate of drug-likeness (QED) is 0.309. The molecular formula is C20H28O4. The number of rotatable bonds is 8. The zero-order valence-electron chi connectivity index (χ0n) is 15.2. The number of allylic oxidation sites excluding steroid dienone is 1. The Bertz CT molecular complexity index is 582.